The Hall–Kier alpha value is -0.940. The van der Waals surface area contributed by atoms with Crippen LogP contribution in [0.25, 0.3) is 16.5 Å². The third kappa shape index (κ3) is 2.35. The lowest BCUT2D eigenvalue weighted by Crippen LogP contribution is -2.04. The van der Waals surface area contributed by atoms with Crippen LogP contribution in [-0.2, 0) is 0 Å². The molecule has 88 valence electrons. The van der Waals surface area contributed by atoms with Crippen LogP contribution in [0.1, 0.15) is 19.7 Å². The molecular weight excluding hydrogens is 350 g/mol. The summed E-state index contributed by atoms with van der Waals surface area (Å²) in [4.78, 5) is 16.2. The molecule has 0 radical (unpaired) electrons. The number of fused-ring (bicyclic) bond motifs is 1. The van der Waals surface area contributed by atoms with Crippen molar-refractivity contribution in [2.24, 2.45) is 0 Å². The third-order valence-electron chi connectivity index (χ3n) is 2.42. The first-order valence-electron chi connectivity index (χ1n) is 4.96. The predicted molar refractivity (Wildman–Crippen MR) is 75.0 cm³/mol. The van der Waals surface area contributed by atoms with Gasteiger partial charge in [-0.25, -0.2) is 9.78 Å². The molecule has 1 aromatic heterocycles. The van der Waals surface area contributed by atoms with Crippen molar-refractivity contribution in [1.29, 1.82) is 0 Å². The van der Waals surface area contributed by atoms with E-state index in [1.54, 1.807) is 6.07 Å². The molecule has 0 aliphatic carbocycles. The summed E-state index contributed by atoms with van der Waals surface area (Å²) in [6, 6.07) is 3.55. The summed E-state index contributed by atoms with van der Waals surface area (Å²) in [7, 11) is 0. The fourth-order valence-corrected chi connectivity index (χ4v) is 2.71. The molecule has 0 spiro atoms. The molecule has 0 N–H and O–H groups in total. The maximum Gasteiger partial charge on any atom is 0.347 e. The summed E-state index contributed by atoms with van der Waals surface area (Å²) >= 11 is 6.72. The molecule has 0 atom stereocenters. The van der Waals surface area contributed by atoms with Gasteiger partial charge in [0.2, 0.25) is 5.89 Å². The first-order valence-corrected chi connectivity index (χ1v) is 6.54. The Morgan fingerprint density at radius 3 is 2.76 bits per heavy atom. The van der Waals surface area contributed by atoms with Crippen molar-refractivity contribution in [1.82, 2.24) is 4.98 Å². The molecule has 0 aliphatic rings. The molecule has 0 aliphatic heterocycles. The topological polar surface area (TPSA) is 43.1 Å². The molecule has 3 nitrogen and oxygen atoms in total. The largest absolute Gasteiger partial charge is 0.404 e. The highest BCUT2D eigenvalue weighted by molar-refractivity contribution is 9.11. The van der Waals surface area contributed by atoms with Crippen molar-refractivity contribution < 1.29 is 4.42 Å². The molecule has 0 saturated heterocycles. The van der Waals surface area contributed by atoms with Gasteiger partial charge in [-0.3, -0.25) is 0 Å². The van der Waals surface area contributed by atoms with Crippen molar-refractivity contribution in [3.8, 4) is 0 Å². The van der Waals surface area contributed by atoms with Crippen LogP contribution in [0.3, 0.4) is 0 Å². The molecule has 1 heterocycles. The van der Waals surface area contributed by atoms with Gasteiger partial charge in [-0.05, 0) is 41.9 Å². The highest BCUT2D eigenvalue weighted by atomic mass is 79.9. The predicted octanol–water partition coefficient (Wildman–Crippen LogP) is 4.14. The van der Waals surface area contributed by atoms with Crippen molar-refractivity contribution in [2.75, 3.05) is 0 Å². The normalized spacial score (nSPS) is 12.1. The number of allylic oxidation sites excluding steroid dienone is 2. The number of halogens is 2. The summed E-state index contributed by atoms with van der Waals surface area (Å²) in [6.07, 6.45) is 1.85. The number of rotatable bonds is 1. The molecule has 0 bridgehead atoms. The van der Waals surface area contributed by atoms with Gasteiger partial charge < -0.3 is 4.42 Å². The van der Waals surface area contributed by atoms with E-state index < -0.39 is 0 Å². The fraction of sp³-hybridized carbons (Fsp3) is 0.167. The average Bonchev–Trinajstić information content (AvgIpc) is 2.29. The lowest BCUT2D eigenvalue weighted by Gasteiger charge is -2.03. The van der Waals surface area contributed by atoms with Gasteiger partial charge in [-0.1, -0.05) is 22.0 Å². The summed E-state index contributed by atoms with van der Waals surface area (Å²) in [6.45, 7) is 3.72. The molecule has 2 aromatic rings. The Kier molecular flexibility index (Phi) is 3.49. The highest BCUT2D eigenvalue weighted by Gasteiger charge is 2.11. The highest BCUT2D eigenvalue weighted by Crippen LogP contribution is 2.26. The van der Waals surface area contributed by atoms with Crippen LogP contribution in [0.15, 0.2) is 36.4 Å². The Morgan fingerprint density at radius 1 is 1.41 bits per heavy atom. The number of aromatic nitrogens is 1. The zero-order valence-corrected chi connectivity index (χ0v) is 12.4. The van der Waals surface area contributed by atoms with E-state index >= 15 is 0 Å². The second-order valence-corrected chi connectivity index (χ2v) is 5.33. The summed E-state index contributed by atoms with van der Waals surface area (Å²) in [5.41, 5.74) is 1.06. The maximum absolute atomic E-state index is 11.8. The van der Waals surface area contributed by atoms with Crippen LogP contribution in [-0.4, -0.2) is 4.98 Å². The van der Waals surface area contributed by atoms with E-state index in [2.05, 4.69) is 36.8 Å². The SMILES string of the molecule is C/C=C(/C)c1nc2c(Br)cc(Br)cc2c(=O)o1. The molecular formula is C12H9Br2NO2. The summed E-state index contributed by atoms with van der Waals surface area (Å²) in [5.74, 6) is 0.355. The maximum atomic E-state index is 11.8. The molecule has 1 aromatic carbocycles. The molecule has 0 unspecified atom stereocenters. The number of hydrogen-bond donors (Lipinski definition) is 0. The van der Waals surface area contributed by atoms with Gasteiger partial charge >= 0.3 is 5.63 Å². The van der Waals surface area contributed by atoms with Gasteiger partial charge in [0.25, 0.3) is 0 Å². The van der Waals surface area contributed by atoms with Gasteiger partial charge in [-0.15, -0.1) is 0 Å². The molecule has 17 heavy (non-hydrogen) atoms. The second kappa shape index (κ2) is 4.74. The van der Waals surface area contributed by atoms with Crippen molar-refractivity contribution in [3.63, 3.8) is 0 Å². The average molecular weight is 359 g/mol. The first kappa shape index (κ1) is 12.5. The van der Waals surface area contributed by atoms with Crippen LogP contribution in [0, 0.1) is 0 Å². The van der Waals surface area contributed by atoms with Crippen LogP contribution in [0.5, 0.6) is 0 Å². The third-order valence-corrected chi connectivity index (χ3v) is 3.48. The number of nitrogens with zero attached hydrogens (tertiary/aromatic N) is 1. The zero-order valence-electron chi connectivity index (χ0n) is 9.25. The van der Waals surface area contributed by atoms with Gasteiger partial charge in [0.1, 0.15) is 0 Å². The van der Waals surface area contributed by atoms with E-state index in [1.807, 2.05) is 26.0 Å². The zero-order chi connectivity index (χ0) is 12.6. The van der Waals surface area contributed by atoms with Crippen molar-refractivity contribution in [3.05, 3.63) is 43.5 Å². The molecule has 2 rings (SSSR count). The standard InChI is InChI=1S/C12H9Br2NO2/c1-3-6(2)11-15-10-8(12(16)17-11)4-7(13)5-9(10)14/h3-5H,1-2H3/b6-3-. The van der Waals surface area contributed by atoms with E-state index in [0.717, 1.165) is 14.5 Å². The minimum absolute atomic E-state index is 0.355. The minimum Gasteiger partial charge on any atom is -0.404 e. The Bertz CT molecular complexity index is 674. The summed E-state index contributed by atoms with van der Waals surface area (Å²) < 4.78 is 6.75. The lowest BCUT2D eigenvalue weighted by molar-refractivity contribution is 0.486. The van der Waals surface area contributed by atoms with Gasteiger partial charge in [0.15, 0.2) is 0 Å². The molecule has 5 heteroatoms. The van der Waals surface area contributed by atoms with E-state index in [1.165, 1.54) is 0 Å². The summed E-state index contributed by atoms with van der Waals surface area (Å²) in [5, 5.41) is 0.457. The van der Waals surface area contributed by atoms with Gasteiger partial charge in [0.05, 0.1) is 10.9 Å². The number of hydrogen-bond acceptors (Lipinski definition) is 3. The van der Waals surface area contributed by atoms with Crippen LogP contribution in [0.4, 0.5) is 0 Å². The van der Waals surface area contributed by atoms with Crippen LogP contribution in [0.2, 0.25) is 0 Å². The van der Waals surface area contributed by atoms with Crippen molar-refractivity contribution >= 4 is 48.3 Å². The Labute approximate surface area is 115 Å². The fourth-order valence-electron chi connectivity index (χ4n) is 1.39. The number of benzene rings is 1. The monoisotopic (exact) mass is 357 g/mol. The molecule has 0 amide bonds. The molecule has 0 saturated carbocycles. The van der Waals surface area contributed by atoms with E-state index in [4.69, 9.17) is 4.42 Å². The first-order chi connectivity index (χ1) is 8.02. The smallest absolute Gasteiger partial charge is 0.347 e. The van der Waals surface area contributed by atoms with Crippen LogP contribution < -0.4 is 5.63 Å². The van der Waals surface area contributed by atoms with Gasteiger partial charge in [0, 0.05) is 14.5 Å². The van der Waals surface area contributed by atoms with Gasteiger partial charge in [-0.2, -0.15) is 0 Å². The molecule has 0 fully saturated rings. The van der Waals surface area contributed by atoms with E-state index in [9.17, 15) is 4.79 Å². The van der Waals surface area contributed by atoms with E-state index in [-0.39, 0.29) is 5.63 Å². The Balaban J connectivity index is 2.87. The second-order valence-electron chi connectivity index (χ2n) is 3.56. The van der Waals surface area contributed by atoms with Crippen LogP contribution >= 0.6 is 31.9 Å². The Morgan fingerprint density at radius 2 is 2.12 bits per heavy atom. The quantitative estimate of drug-likeness (QED) is 0.769. The minimum atomic E-state index is -0.381. The van der Waals surface area contributed by atoms with Crippen molar-refractivity contribution in [2.45, 2.75) is 13.8 Å². The lowest BCUT2D eigenvalue weighted by atomic mass is 10.2. The van der Waals surface area contributed by atoms with E-state index in [0.29, 0.717) is 16.8 Å².